The number of piperazine rings is 1. The van der Waals surface area contributed by atoms with E-state index in [2.05, 4.69) is 65.9 Å². The summed E-state index contributed by atoms with van der Waals surface area (Å²) in [4.78, 5) is 17.2. The van der Waals surface area contributed by atoms with Gasteiger partial charge in [0.15, 0.2) is 0 Å². The molecule has 0 aliphatic carbocycles. The first-order chi connectivity index (χ1) is 11.5. The van der Waals surface area contributed by atoms with Crippen molar-refractivity contribution in [3.8, 4) is 0 Å². The predicted octanol–water partition coefficient (Wildman–Crippen LogP) is 4.10. The molecule has 1 amide bonds. The van der Waals surface area contributed by atoms with Crippen LogP contribution in [0.4, 0.5) is 5.69 Å². The second-order valence-corrected chi connectivity index (χ2v) is 7.58. The fraction of sp³-hybridized carbons (Fsp3) is 0.421. The third kappa shape index (κ3) is 3.51. The van der Waals surface area contributed by atoms with Crippen LogP contribution in [0.2, 0.25) is 0 Å². The maximum Gasteiger partial charge on any atom is 0.270 e. The number of hydrogen-bond donors (Lipinski definition) is 0. The van der Waals surface area contributed by atoms with Gasteiger partial charge in [-0.2, -0.15) is 0 Å². The summed E-state index contributed by atoms with van der Waals surface area (Å²) in [6, 6.07) is 10.7. The molecular weight excluding hydrogens is 366 g/mol. The van der Waals surface area contributed by atoms with Gasteiger partial charge in [0, 0.05) is 48.6 Å². The lowest BCUT2D eigenvalue weighted by Crippen LogP contribution is -2.49. The quantitative estimate of drug-likeness (QED) is 0.790. The maximum absolute atomic E-state index is 12.9. The molecule has 2 aromatic rings. The Labute approximate surface area is 152 Å². The maximum atomic E-state index is 12.9. The average molecular weight is 390 g/mol. The summed E-state index contributed by atoms with van der Waals surface area (Å²) in [6.45, 7) is 9.57. The summed E-state index contributed by atoms with van der Waals surface area (Å²) in [5.74, 6) is 0.123. The highest BCUT2D eigenvalue weighted by Gasteiger charge is 2.25. The molecule has 0 spiro atoms. The van der Waals surface area contributed by atoms with E-state index in [1.54, 1.807) is 0 Å². The largest absolute Gasteiger partial charge is 0.368 e. The Morgan fingerprint density at radius 1 is 1.12 bits per heavy atom. The van der Waals surface area contributed by atoms with Crippen molar-refractivity contribution >= 4 is 27.5 Å². The van der Waals surface area contributed by atoms with Crippen molar-refractivity contribution in [3.63, 3.8) is 0 Å². The summed E-state index contributed by atoms with van der Waals surface area (Å²) in [5.41, 5.74) is 3.28. The van der Waals surface area contributed by atoms with E-state index in [1.165, 1.54) is 11.3 Å². The molecule has 24 heavy (non-hydrogen) atoms. The van der Waals surface area contributed by atoms with Crippen molar-refractivity contribution in [3.05, 3.63) is 52.3 Å². The number of benzene rings is 1. The van der Waals surface area contributed by atoms with Crippen LogP contribution >= 0.6 is 15.9 Å². The molecule has 0 saturated carbocycles. The van der Waals surface area contributed by atoms with Crippen molar-refractivity contribution < 1.29 is 4.79 Å². The molecule has 4 nitrogen and oxygen atoms in total. The van der Waals surface area contributed by atoms with Gasteiger partial charge in [0.05, 0.1) is 0 Å². The SMILES string of the molecule is Cc1cccc(N2CCN(C(=O)c3cc(Br)cn3C(C)C)CC2)c1. The number of rotatable bonds is 3. The van der Waals surface area contributed by atoms with Gasteiger partial charge in [-0.15, -0.1) is 0 Å². The molecule has 128 valence electrons. The third-order valence-electron chi connectivity index (χ3n) is 4.52. The zero-order chi connectivity index (χ0) is 17.3. The molecule has 1 aliphatic heterocycles. The van der Waals surface area contributed by atoms with Crippen LogP contribution in [-0.2, 0) is 0 Å². The van der Waals surface area contributed by atoms with Crippen LogP contribution in [0.5, 0.6) is 0 Å². The molecule has 1 fully saturated rings. The number of anilines is 1. The third-order valence-corrected chi connectivity index (χ3v) is 4.96. The van der Waals surface area contributed by atoms with Crippen LogP contribution in [0.15, 0.2) is 41.0 Å². The van der Waals surface area contributed by atoms with E-state index in [-0.39, 0.29) is 11.9 Å². The zero-order valence-electron chi connectivity index (χ0n) is 14.5. The van der Waals surface area contributed by atoms with Crippen molar-refractivity contribution in [2.75, 3.05) is 31.1 Å². The summed E-state index contributed by atoms with van der Waals surface area (Å²) >= 11 is 3.49. The van der Waals surface area contributed by atoms with Gasteiger partial charge in [0.1, 0.15) is 5.69 Å². The minimum absolute atomic E-state index is 0.123. The van der Waals surface area contributed by atoms with Gasteiger partial charge < -0.3 is 14.4 Å². The van der Waals surface area contributed by atoms with Crippen LogP contribution in [-0.4, -0.2) is 41.6 Å². The molecule has 3 rings (SSSR count). The first-order valence-electron chi connectivity index (χ1n) is 8.44. The minimum Gasteiger partial charge on any atom is -0.368 e. The van der Waals surface area contributed by atoms with E-state index in [4.69, 9.17) is 0 Å². The standard InChI is InChI=1S/C19H24BrN3O/c1-14(2)23-13-16(20)12-18(23)19(24)22-9-7-21(8-10-22)17-6-4-5-15(3)11-17/h4-6,11-14H,7-10H2,1-3H3. The molecule has 0 unspecified atom stereocenters. The number of amides is 1. The number of carbonyl (C=O) groups excluding carboxylic acids is 1. The number of aryl methyl sites for hydroxylation is 1. The topological polar surface area (TPSA) is 28.5 Å². The molecule has 1 aromatic heterocycles. The monoisotopic (exact) mass is 389 g/mol. The van der Waals surface area contributed by atoms with E-state index in [1.807, 2.05) is 21.7 Å². The van der Waals surface area contributed by atoms with E-state index in [0.29, 0.717) is 0 Å². The number of halogens is 1. The molecule has 2 heterocycles. The van der Waals surface area contributed by atoms with Crippen LogP contribution in [0.25, 0.3) is 0 Å². The summed E-state index contributed by atoms with van der Waals surface area (Å²) in [7, 11) is 0. The Hall–Kier alpha value is -1.75. The fourth-order valence-electron chi connectivity index (χ4n) is 3.20. The van der Waals surface area contributed by atoms with Gasteiger partial charge in [0.25, 0.3) is 5.91 Å². The van der Waals surface area contributed by atoms with Crippen LogP contribution in [0.1, 0.15) is 35.9 Å². The Morgan fingerprint density at radius 3 is 2.46 bits per heavy atom. The van der Waals surface area contributed by atoms with Crippen molar-refractivity contribution in [2.45, 2.75) is 26.8 Å². The van der Waals surface area contributed by atoms with Crippen LogP contribution in [0.3, 0.4) is 0 Å². The number of nitrogens with zero attached hydrogens (tertiary/aromatic N) is 3. The molecule has 0 bridgehead atoms. The number of carbonyl (C=O) groups is 1. The second kappa shape index (κ2) is 7.01. The molecule has 0 radical (unpaired) electrons. The Morgan fingerprint density at radius 2 is 1.83 bits per heavy atom. The lowest BCUT2D eigenvalue weighted by Gasteiger charge is -2.36. The lowest BCUT2D eigenvalue weighted by atomic mass is 10.2. The van der Waals surface area contributed by atoms with Gasteiger partial charge in [-0.05, 0) is 60.5 Å². The molecule has 1 aromatic carbocycles. The van der Waals surface area contributed by atoms with E-state index in [9.17, 15) is 4.79 Å². The lowest BCUT2D eigenvalue weighted by molar-refractivity contribution is 0.0734. The highest BCUT2D eigenvalue weighted by atomic mass is 79.9. The Bertz CT molecular complexity index is 730. The smallest absolute Gasteiger partial charge is 0.270 e. The van der Waals surface area contributed by atoms with Gasteiger partial charge in [-0.3, -0.25) is 4.79 Å². The molecule has 0 atom stereocenters. The molecule has 5 heteroatoms. The molecule has 1 saturated heterocycles. The van der Waals surface area contributed by atoms with E-state index >= 15 is 0 Å². The highest BCUT2D eigenvalue weighted by Crippen LogP contribution is 2.22. The van der Waals surface area contributed by atoms with E-state index < -0.39 is 0 Å². The van der Waals surface area contributed by atoms with Gasteiger partial charge in [-0.1, -0.05) is 12.1 Å². The fourth-order valence-corrected chi connectivity index (χ4v) is 3.64. The second-order valence-electron chi connectivity index (χ2n) is 6.66. The first kappa shape index (κ1) is 17.1. The van der Waals surface area contributed by atoms with Crippen LogP contribution in [0, 0.1) is 6.92 Å². The summed E-state index contributed by atoms with van der Waals surface area (Å²) < 4.78 is 3.00. The van der Waals surface area contributed by atoms with E-state index in [0.717, 1.165) is 36.3 Å². The Kier molecular flexibility index (Phi) is 4.99. The van der Waals surface area contributed by atoms with Crippen molar-refractivity contribution in [2.24, 2.45) is 0 Å². The summed E-state index contributed by atoms with van der Waals surface area (Å²) in [5, 5.41) is 0. The van der Waals surface area contributed by atoms with Crippen LogP contribution < -0.4 is 4.90 Å². The number of hydrogen-bond acceptors (Lipinski definition) is 2. The van der Waals surface area contributed by atoms with Gasteiger partial charge in [0.2, 0.25) is 0 Å². The predicted molar refractivity (Wildman–Crippen MR) is 102 cm³/mol. The van der Waals surface area contributed by atoms with Crippen molar-refractivity contribution in [1.29, 1.82) is 0 Å². The van der Waals surface area contributed by atoms with Crippen molar-refractivity contribution in [1.82, 2.24) is 9.47 Å². The Balaban J connectivity index is 1.69. The highest BCUT2D eigenvalue weighted by molar-refractivity contribution is 9.10. The number of aromatic nitrogens is 1. The summed E-state index contributed by atoms with van der Waals surface area (Å²) in [6.07, 6.45) is 1.99. The normalized spacial score (nSPS) is 15.2. The average Bonchev–Trinajstić information content (AvgIpc) is 2.96. The first-order valence-corrected chi connectivity index (χ1v) is 9.23. The van der Waals surface area contributed by atoms with Gasteiger partial charge >= 0.3 is 0 Å². The molecule has 0 N–H and O–H groups in total. The molecular formula is C19H24BrN3O. The molecule has 1 aliphatic rings. The zero-order valence-corrected chi connectivity index (χ0v) is 16.1. The van der Waals surface area contributed by atoms with Gasteiger partial charge in [-0.25, -0.2) is 0 Å². The minimum atomic E-state index is 0.123.